The Bertz CT molecular complexity index is 406. The summed E-state index contributed by atoms with van der Waals surface area (Å²) in [4.78, 5) is 12.6. The van der Waals surface area contributed by atoms with Crippen LogP contribution in [0.15, 0.2) is 18.2 Å². The van der Waals surface area contributed by atoms with Crippen LogP contribution in [0.1, 0.15) is 13.8 Å². The fourth-order valence-electron chi connectivity index (χ4n) is 1.68. The van der Waals surface area contributed by atoms with Gasteiger partial charge in [0, 0.05) is 6.54 Å². The summed E-state index contributed by atoms with van der Waals surface area (Å²) in [5, 5.41) is 10.9. The van der Waals surface area contributed by atoms with E-state index < -0.39 is 4.92 Å². The van der Waals surface area contributed by atoms with E-state index in [0.29, 0.717) is 6.61 Å². The van der Waals surface area contributed by atoms with Crippen LogP contribution in [0.4, 0.5) is 11.4 Å². The van der Waals surface area contributed by atoms with E-state index in [1.54, 1.807) is 12.1 Å². The van der Waals surface area contributed by atoms with Crippen LogP contribution >= 0.6 is 0 Å². The highest BCUT2D eigenvalue weighted by Crippen LogP contribution is 2.32. The van der Waals surface area contributed by atoms with Gasteiger partial charge in [-0.1, -0.05) is 19.9 Å². The first-order chi connectivity index (χ1) is 8.60. The third kappa shape index (κ3) is 3.59. The molecule has 2 N–H and O–H groups in total. The average Bonchev–Trinajstić information content (AvgIpc) is 2.34. The third-order valence-corrected chi connectivity index (χ3v) is 2.77. The molecule has 0 aliphatic carbocycles. The lowest BCUT2D eigenvalue weighted by atomic mass is 10.2. The molecule has 0 aromatic heterocycles. The molecule has 6 nitrogen and oxygen atoms in total. The summed E-state index contributed by atoms with van der Waals surface area (Å²) in [7, 11) is 0. The lowest BCUT2D eigenvalue weighted by molar-refractivity contribution is -0.384. The van der Waals surface area contributed by atoms with Gasteiger partial charge in [0.15, 0.2) is 5.75 Å². The second-order valence-corrected chi connectivity index (χ2v) is 3.83. The number of anilines is 1. The van der Waals surface area contributed by atoms with Crippen LogP contribution in [-0.4, -0.2) is 36.1 Å². The van der Waals surface area contributed by atoms with E-state index in [4.69, 9.17) is 10.5 Å². The number of nitrogens with two attached hydrogens (primary N) is 1. The van der Waals surface area contributed by atoms with Crippen molar-refractivity contribution in [2.24, 2.45) is 0 Å². The molecule has 0 atom stereocenters. The smallest absolute Gasteiger partial charge is 0.333 e. The zero-order valence-corrected chi connectivity index (χ0v) is 10.8. The molecule has 1 rings (SSSR count). The van der Waals surface area contributed by atoms with Crippen LogP contribution < -0.4 is 10.5 Å². The number of benzene rings is 1. The van der Waals surface area contributed by atoms with E-state index >= 15 is 0 Å². The molecule has 0 amide bonds. The summed E-state index contributed by atoms with van der Waals surface area (Å²) in [5.74, 6) is 0.229. The van der Waals surface area contributed by atoms with Crippen LogP contribution in [-0.2, 0) is 0 Å². The molecule has 18 heavy (non-hydrogen) atoms. The van der Waals surface area contributed by atoms with Crippen molar-refractivity contribution in [3.8, 4) is 5.75 Å². The van der Waals surface area contributed by atoms with Crippen LogP contribution in [0.3, 0.4) is 0 Å². The van der Waals surface area contributed by atoms with E-state index in [0.717, 1.165) is 19.6 Å². The van der Waals surface area contributed by atoms with Gasteiger partial charge in [0.05, 0.1) is 4.92 Å². The molecule has 0 saturated carbocycles. The van der Waals surface area contributed by atoms with E-state index in [9.17, 15) is 10.1 Å². The van der Waals surface area contributed by atoms with Crippen molar-refractivity contribution < 1.29 is 9.66 Å². The zero-order valence-electron chi connectivity index (χ0n) is 10.8. The van der Waals surface area contributed by atoms with Crippen LogP contribution in [0.2, 0.25) is 0 Å². The van der Waals surface area contributed by atoms with E-state index in [2.05, 4.69) is 18.7 Å². The summed E-state index contributed by atoms with van der Waals surface area (Å²) in [6.45, 7) is 7.13. The zero-order chi connectivity index (χ0) is 13.5. The van der Waals surface area contributed by atoms with Gasteiger partial charge in [-0.2, -0.15) is 0 Å². The molecule has 0 unspecified atom stereocenters. The molecule has 1 aromatic rings. The van der Waals surface area contributed by atoms with Crippen molar-refractivity contribution in [1.82, 2.24) is 4.90 Å². The molecular formula is C12H19N3O3. The number of nitro benzene ring substituents is 1. The van der Waals surface area contributed by atoms with Gasteiger partial charge in [-0.05, 0) is 25.2 Å². The minimum atomic E-state index is -0.512. The van der Waals surface area contributed by atoms with Crippen molar-refractivity contribution in [1.29, 1.82) is 0 Å². The van der Waals surface area contributed by atoms with Crippen molar-refractivity contribution >= 4 is 11.4 Å². The van der Waals surface area contributed by atoms with Gasteiger partial charge in [0.2, 0.25) is 0 Å². The monoisotopic (exact) mass is 253 g/mol. The Morgan fingerprint density at radius 3 is 2.61 bits per heavy atom. The van der Waals surface area contributed by atoms with Gasteiger partial charge in [-0.25, -0.2) is 0 Å². The lowest BCUT2D eigenvalue weighted by Gasteiger charge is -2.18. The standard InChI is InChI=1S/C12H19N3O3/c1-3-14(4-2)8-9-18-11-7-5-6-10(13)12(11)15(16)17/h5-7H,3-4,8-9,13H2,1-2H3. The Hall–Kier alpha value is -1.82. The molecule has 100 valence electrons. The van der Waals surface area contributed by atoms with Crippen molar-refractivity contribution in [3.05, 3.63) is 28.3 Å². The molecule has 0 heterocycles. The largest absolute Gasteiger partial charge is 0.485 e. The van der Waals surface area contributed by atoms with Crippen molar-refractivity contribution in [3.63, 3.8) is 0 Å². The van der Waals surface area contributed by atoms with Crippen LogP contribution in [0, 0.1) is 10.1 Å². The van der Waals surface area contributed by atoms with Gasteiger partial charge in [0.25, 0.3) is 0 Å². The number of para-hydroxylation sites is 1. The van der Waals surface area contributed by atoms with E-state index in [1.165, 1.54) is 6.07 Å². The second-order valence-electron chi connectivity index (χ2n) is 3.83. The van der Waals surface area contributed by atoms with Crippen molar-refractivity contribution in [2.75, 3.05) is 32.0 Å². The Morgan fingerprint density at radius 2 is 2.06 bits per heavy atom. The van der Waals surface area contributed by atoms with Gasteiger partial charge in [-0.3, -0.25) is 10.1 Å². The van der Waals surface area contributed by atoms with Crippen LogP contribution in [0.5, 0.6) is 5.75 Å². The predicted octanol–water partition coefficient (Wildman–Crippen LogP) is 1.90. The highest BCUT2D eigenvalue weighted by molar-refractivity contribution is 5.65. The van der Waals surface area contributed by atoms with Crippen LogP contribution in [0.25, 0.3) is 0 Å². The SMILES string of the molecule is CCN(CC)CCOc1cccc(N)c1[N+](=O)[O-]. The third-order valence-electron chi connectivity index (χ3n) is 2.77. The van der Waals surface area contributed by atoms with Gasteiger partial charge in [-0.15, -0.1) is 0 Å². The maximum Gasteiger partial charge on any atom is 0.333 e. The molecule has 0 aliphatic heterocycles. The Kier molecular flexibility index (Phi) is 5.38. The second kappa shape index (κ2) is 6.80. The normalized spacial score (nSPS) is 10.6. The summed E-state index contributed by atoms with van der Waals surface area (Å²) in [6.07, 6.45) is 0. The quantitative estimate of drug-likeness (QED) is 0.456. The topological polar surface area (TPSA) is 81.6 Å². The maximum absolute atomic E-state index is 10.9. The van der Waals surface area contributed by atoms with E-state index in [1.807, 2.05) is 0 Å². The molecular weight excluding hydrogens is 234 g/mol. The highest BCUT2D eigenvalue weighted by atomic mass is 16.6. The molecule has 0 fully saturated rings. The first-order valence-electron chi connectivity index (χ1n) is 5.98. The molecule has 0 saturated heterocycles. The number of rotatable bonds is 7. The molecule has 0 spiro atoms. The minimum Gasteiger partial charge on any atom is -0.485 e. The summed E-state index contributed by atoms with van der Waals surface area (Å²) < 4.78 is 5.45. The number of ether oxygens (including phenoxy) is 1. The summed E-state index contributed by atoms with van der Waals surface area (Å²) >= 11 is 0. The maximum atomic E-state index is 10.9. The average molecular weight is 253 g/mol. The minimum absolute atomic E-state index is 0.125. The summed E-state index contributed by atoms with van der Waals surface area (Å²) in [5.41, 5.74) is 5.54. The number of likely N-dealkylation sites (N-methyl/N-ethyl adjacent to an activating group) is 1. The Labute approximate surface area is 106 Å². The van der Waals surface area contributed by atoms with E-state index in [-0.39, 0.29) is 17.1 Å². The van der Waals surface area contributed by atoms with Crippen molar-refractivity contribution in [2.45, 2.75) is 13.8 Å². The number of nitrogens with zero attached hydrogens (tertiary/aromatic N) is 2. The van der Waals surface area contributed by atoms with Gasteiger partial charge in [0.1, 0.15) is 12.3 Å². The Balaban J connectivity index is 2.67. The number of hydrogen-bond donors (Lipinski definition) is 1. The molecule has 0 aliphatic rings. The Morgan fingerprint density at radius 1 is 1.39 bits per heavy atom. The number of nitrogen functional groups attached to an aromatic ring is 1. The lowest BCUT2D eigenvalue weighted by Crippen LogP contribution is -2.28. The van der Waals surface area contributed by atoms with Gasteiger partial charge < -0.3 is 15.4 Å². The number of hydrogen-bond acceptors (Lipinski definition) is 5. The van der Waals surface area contributed by atoms with Gasteiger partial charge >= 0.3 is 5.69 Å². The molecule has 6 heteroatoms. The predicted molar refractivity (Wildman–Crippen MR) is 70.8 cm³/mol. The fraction of sp³-hybridized carbons (Fsp3) is 0.500. The number of nitro groups is 1. The molecule has 0 bridgehead atoms. The summed E-state index contributed by atoms with van der Waals surface area (Å²) in [6, 6.07) is 4.71. The molecule has 0 radical (unpaired) electrons. The highest BCUT2D eigenvalue weighted by Gasteiger charge is 2.18. The first-order valence-corrected chi connectivity index (χ1v) is 5.98. The molecule has 1 aromatic carbocycles. The fourth-order valence-corrected chi connectivity index (χ4v) is 1.68. The first kappa shape index (κ1) is 14.2.